The third-order valence-electron chi connectivity index (χ3n) is 1.84. The SMILES string of the molecule is OCc1cncc(Oc2cccc(I)c2)n1. The predicted octanol–water partition coefficient (Wildman–Crippen LogP) is 2.37. The van der Waals surface area contributed by atoms with E-state index >= 15 is 0 Å². The Balaban J connectivity index is 2.20. The maximum Gasteiger partial charge on any atom is 0.238 e. The zero-order valence-corrected chi connectivity index (χ0v) is 10.5. The van der Waals surface area contributed by atoms with Crippen LogP contribution in [0.1, 0.15) is 5.69 Å². The Labute approximate surface area is 106 Å². The third-order valence-corrected chi connectivity index (χ3v) is 2.51. The molecule has 0 unspecified atom stereocenters. The van der Waals surface area contributed by atoms with E-state index in [-0.39, 0.29) is 6.61 Å². The summed E-state index contributed by atoms with van der Waals surface area (Å²) < 4.78 is 6.60. The molecule has 0 aliphatic heterocycles. The van der Waals surface area contributed by atoms with Crippen LogP contribution in [0.2, 0.25) is 0 Å². The van der Waals surface area contributed by atoms with Crippen molar-refractivity contribution in [1.29, 1.82) is 0 Å². The van der Waals surface area contributed by atoms with Crippen molar-refractivity contribution in [3.63, 3.8) is 0 Å². The van der Waals surface area contributed by atoms with Crippen LogP contribution in [0.5, 0.6) is 11.6 Å². The van der Waals surface area contributed by atoms with Crippen molar-refractivity contribution in [2.24, 2.45) is 0 Å². The van der Waals surface area contributed by atoms with Crippen LogP contribution in [0.25, 0.3) is 0 Å². The molecule has 2 rings (SSSR count). The van der Waals surface area contributed by atoms with Crippen LogP contribution >= 0.6 is 22.6 Å². The molecule has 0 saturated carbocycles. The molecule has 82 valence electrons. The summed E-state index contributed by atoms with van der Waals surface area (Å²) in [5.74, 6) is 1.09. The van der Waals surface area contributed by atoms with E-state index in [0.29, 0.717) is 17.3 Å². The van der Waals surface area contributed by atoms with E-state index in [9.17, 15) is 0 Å². The highest BCUT2D eigenvalue weighted by atomic mass is 127. The van der Waals surface area contributed by atoms with Gasteiger partial charge in [0.25, 0.3) is 0 Å². The average molecular weight is 328 g/mol. The number of nitrogens with zero attached hydrogens (tertiary/aromatic N) is 2. The molecule has 1 aromatic carbocycles. The molecular weight excluding hydrogens is 319 g/mol. The lowest BCUT2D eigenvalue weighted by Gasteiger charge is -2.05. The van der Waals surface area contributed by atoms with Gasteiger partial charge in [0.05, 0.1) is 24.7 Å². The van der Waals surface area contributed by atoms with Gasteiger partial charge in [0.15, 0.2) is 0 Å². The van der Waals surface area contributed by atoms with Crippen LogP contribution in [0.3, 0.4) is 0 Å². The molecule has 0 saturated heterocycles. The zero-order chi connectivity index (χ0) is 11.4. The molecule has 1 heterocycles. The Hall–Kier alpha value is -1.21. The van der Waals surface area contributed by atoms with Crippen LogP contribution in [0, 0.1) is 3.57 Å². The lowest BCUT2D eigenvalue weighted by molar-refractivity contribution is 0.274. The number of hydrogen-bond donors (Lipinski definition) is 1. The summed E-state index contributed by atoms with van der Waals surface area (Å²) in [5, 5.41) is 8.91. The standard InChI is InChI=1S/C11H9IN2O2/c12-8-2-1-3-10(4-8)16-11-6-13-5-9(7-15)14-11/h1-6,15H,7H2. The van der Waals surface area contributed by atoms with Gasteiger partial charge in [-0.3, -0.25) is 4.98 Å². The van der Waals surface area contributed by atoms with Gasteiger partial charge in [0.1, 0.15) is 5.75 Å². The van der Waals surface area contributed by atoms with E-state index in [4.69, 9.17) is 9.84 Å². The van der Waals surface area contributed by atoms with Crippen LogP contribution in [0.15, 0.2) is 36.7 Å². The molecule has 0 radical (unpaired) electrons. The molecule has 4 nitrogen and oxygen atoms in total. The van der Waals surface area contributed by atoms with Gasteiger partial charge < -0.3 is 9.84 Å². The summed E-state index contributed by atoms with van der Waals surface area (Å²) >= 11 is 2.21. The number of aliphatic hydroxyl groups excluding tert-OH is 1. The second-order valence-corrected chi connectivity index (χ2v) is 4.31. The van der Waals surface area contributed by atoms with Crippen LogP contribution < -0.4 is 4.74 Å². The topological polar surface area (TPSA) is 55.2 Å². The Morgan fingerprint density at radius 2 is 2.19 bits per heavy atom. The van der Waals surface area contributed by atoms with Crippen LogP contribution in [-0.4, -0.2) is 15.1 Å². The fraction of sp³-hybridized carbons (Fsp3) is 0.0909. The minimum atomic E-state index is -0.142. The van der Waals surface area contributed by atoms with Gasteiger partial charge in [-0.15, -0.1) is 0 Å². The maximum absolute atomic E-state index is 8.91. The molecular formula is C11H9IN2O2. The molecule has 0 atom stereocenters. The summed E-state index contributed by atoms with van der Waals surface area (Å²) in [6.45, 7) is -0.142. The van der Waals surface area contributed by atoms with Gasteiger partial charge in [-0.1, -0.05) is 6.07 Å². The minimum Gasteiger partial charge on any atom is -0.437 e. The molecule has 0 spiro atoms. The maximum atomic E-state index is 8.91. The number of benzene rings is 1. The molecule has 2 aromatic rings. The van der Waals surface area contributed by atoms with Crippen LogP contribution in [0.4, 0.5) is 0 Å². The van der Waals surface area contributed by atoms with E-state index in [2.05, 4.69) is 32.6 Å². The Bertz CT molecular complexity index is 491. The average Bonchev–Trinajstić information content (AvgIpc) is 2.29. The van der Waals surface area contributed by atoms with Gasteiger partial charge in [-0.2, -0.15) is 0 Å². The Morgan fingerprint density at radius 3 is 2.94 bits per heavy atom. The van der Waals surface area contributed by atoms with E-state index in [0.717, 1.165) is 3.57 Å². The quantitative estimate of drug-likeness (QED) is 0.879. The highest BCUT2D eigenvalue weighted by Crippen LogP contribution is 2.20. The van der Waals surface area contributed by atoms with Crippen molar-refractivity contribution in [2.45, 2.75) is 6.61 Å². The van der Waals surface area contributed by atoms with E-state index in [1.807, 2.05) is 24.3 Å². The van der Waals surface area contributed by atoms with E-state index < -0.39 is 0 Å². The first kappa shape index (κ1) is 11.3. The molecule has 0 aliphatic rings. The summed E-state index contributed by atoms with van der Waals surface area (Å²) in [7, 11) is 0. The van der Waals surface area contributed by atoms with Crippen molar-refractivity contribution in [2.75, 3.05) is 0 Å². The molecule has 5 heteroatoms. The highest BCUT2D eigenvalue weighted by Gasteiger charge is 2.01. The molecule has 1 N–H and O–H groups in total. The van der Waals surface area contributed by atoms with Gasteiger partial charge in [-0.05, 0) is 40.8 Å². The number of rotatable bonds is 3. The smallest absolute Gasteiger partial charge is 0.238 e. The first-order valence-corrected chi connectivity index (χ1v) is 5.71. The van der Waals surface area contributed by atoms with Gasteiger partial charge in [-0.25, -0.2) is 4.98 Å². The second kappa shape index (κ2) is 5.22. The predicted molar refractivity (Wildman–Crippen MR) is 67.2 cm³/mol. The number of ether oxygens (including phenoxy) is 1. The normalized spacial score (nSPS) is 10.1. The van der Waals surface area contributed by atoms with Crippen molar-refractivity contribution >= 4 is 22.6 Å². The summed E-state index contributed by atoms with van der Waals surface area (Å²) in [5.41, 5.74) is 0.489. The molecule has 0 fully saturated rings. The Morgan fingerprint density at radius 1 is 1.31 bits per heavy atom. The van der Waals surface area contributed by atoms with E-state index in [1.165, 1.54) is 12.4 Å². The fourth-order valence-electron chi connectivity index (χ4n) is 1.16. The van der Waals surface area contributed by atoms with E-state index in [1.54, 1.807) is 0 Å². The molecule has 0 aliphatic carbocycles. The Kier molecular flexibility index (Phi) is 3.68. The lowest BCUT2D eigenvalue weighted by atomic mass is 10.3. The molecule has 1 aromatic heterocycles. The fourth-order valence-corrected chi connectivity index (χ4v) is 1.68. The first-order valence-electron chi connectivity index (χ1n) is 4.63. The highest BCUT2D eigenvalue weighted by molar-refractivity contribution is 14.1. The van der Waals surface area contributed by atoms with Gasteiger partial charge in [0.2, 0.25) is 5.88 Å². The number of aromatic nitrogens is 2. The summed E-state index contributed by atoms with van der Waals surface area (Å²) in [6.07, 6.45) is 3.01. The second-order valence-electron chi connectivity index (χ2n) is 3.07. The third kappa shape index (κ3) is 2.89. The monoisotopic (exact) mass is 328 g/mol. The first-order chi connectivity index (χ1) is 7.78. The van der Waals surface area contributed by atoms with Crippen molar-refractivity contribution in [3.8, 4) is 11.6 Å². The largest absolute Gasteiger partial charge is 0.437 e. The summed E-state index contributed by atoms with van der Waals surface area (Å²) in [4.78, 5) is 8.00. The minimum absolute atomic E-state index is 0.142. The van der Waals surface area contributed by atoms with Crippen molar-refractivity contribution in [1.82, 2.24) is 9.97 Å². The molecule has 16 heavy (non-hydrogen) atoms. The number of aliphatic hydroxyl groups is 1. The molecule has 0 bridgehead atoms. The zero-order valence-electron chi connectivity index (χ0n) is 8.30. The molecule has 0 amide bonds. The van der Waals surface area contributed by atoms with Crippen molar-refractivity contribution < 1.29 is 9.84 Å². The number of hydrogen-bond acceptors (Lipinski definition) is 4. The lowest BCUT2D eigenvalue weighted by Crippen LogP contribution is -1.94. The summed E-state index contributed by atoms with van der Waals surface area (Å²) in [6, 6.07) is 7.62. The van der Waals surface area contributed by atoms with Crippen molar-refractivity contribution in [3.05, 3.63) is 45.9 Å². The van der Waals surface area contributed by atoms with Gasteiger partial charge in [0, 0.05) is 3.57 Å². The van der Waals surface area contributed by atoms with Crippen LogP contribution in [-0.2, 0) is 6.61 Å². The number of halogens is 1. The van der Waals surface area contributed by atoms with Gasteiger partial charge >= 0.3 is 0 Å².